The predicted molar refractivity (Wildman–Crippen MR) is 65.2 cm³/mol. The number of nitrogens with two attached hydrogens (primary N) is 1. The summed E-state index contributed by atoms with van der Waals surface area (Å²) in [6.07, 6.45) is 1.94. The molecule has 0 heterocycles. The number of carboxylic acid groups (broad SMARTS) is 1. The van der Waals surface area contributed by atoms with E-state index in [-0.39, 0.29) is 0 Å². The average molecular weight is 273 g/mol. The third kappa shape index (κ3) is 5.12. The minimum absolute atomic E-state index is 0.392. The minimum Gasteiger partial charge on any atom is -0.480 e. The Hall–Kier alpha value is -1.83. The number of carboxylic acids is 1. The molecule has 1 fully saturated rings. The topological polar surface area (TPSA) is 142 Å². The fourth-order valence-corrected chi connectivity index (χ4v) is 2.05. The standard InChI is InChI=1S/C11H19N3O5/c12-9(16)5-7(10(17)18)14-11(19)13-6-3-1-2-4-8(6)15/h6-8,15H,1-5H2,(H2,12,16)(H,17,18)(H2,13,14,19)/t6?,7-,8?/m1/s1. The molecule has 0 spiro atoms. The van der Waals surface area contributed by atoms with Gasteiger partial charge in [0.2, 0.25) is 5.91 Å². The number of amides is 3. The van der Waals surface area contributed by atoms with E-state index < -0.39 is 42.5 Å². The van der Waals surface area contributed by atoms with Crippen LogP contribution in [0.1, 0.15) is 32.1 Å². The molecule has 108 valence electrons. The summed E-state index contributed by atoms with van der Waals surface area (Å²) in [7, 11) is 0. The minimum atomic E-state index is -1.36. The fourth-order valence-electron chi connectivity index (χ4n) is 2.05. The van der Waals surface area contributed by atoms with Gasteiger partial charge in [-0.05, 0) is 12.8 Å². The van der Waals surface area contributed by atoms with Crippen LogP contribution in [0.4, 0.5) is 4.79 Å². The van der Waals surface area contributed by atoms with E-state index >= 15 is 0 Å². The van der Waals surface area contributed by atoms with Crippen LogP contribution in [-0.4, -0.2) is 46.3 Å². The first-order valence-electron chi connectivity index (χ1n) is 6.16. The Bertz CT molecular complexity index is 360. The van der Waals surface area contributed by atoms with E-state index in [0.29, 0.717) is 12.8 Å². The number of rotatable bonds is 5. The molecule has 1 saturated carbocycles. The van der Waals surface area contributed by atoms with Crippen LogP contribution >= 0.6 is 0 Å². The van der Waals surface area contributed by atoms with Crippen molar-refractivity contribution in [3.63, 3.8) is 0 Å². The summed E-state index contributed by atoms with van der Waals surface area (Å²) in [4.78, 5) is 33.1. The van der Waals surface area contributed by atoms with Crippen LogP contribution in [0.5, 0.6) is 0 Å². The summed E-state index contributed by atoms with van der Waals surface area (Å²) >= 11 is 0. The summed E-state index contributed by atoms with van der Waals surface area (Å²) < 4.78 is 0. The van der Waals surface area contributed by atoms with E-state index in [1.54, 1.807) is 0 Å². The summed E-state index contributed by atoms with van der Waals surface area (Å²) in [5.74, 6) is -2.15. The molecule has 0 aromatic rings. The third-order valence-electron chi connectivity index (χ3n) is 3.05. The number of urea groups is 1. The van der Waals surface area contributed by atoms with Crippen molar-refractivity contribution in [2.45, 2.75) is 50.3 Å². The molecule has 0 aromatic heterocycles. The van der Waals surface area contributed by atoms with E-state index in [9.17, 15) is 19.5 Å². The highest BCUT2D eigenvalue weighted by molar-refractivity contribution is 5.87. The largest absolute Gasteiger partial charge is 0.480 e. The van der Waals surface area contributed by atoms with Gasteiger partial charge in [-0.2, -0.15) is 0 Å². The molecule has 3 amide bonds. The SMILES string of the molecule is NC(=O)C[C@@H](NC(=O)NC1CCCCC1O)C(=O)O. The Morgan fingerprint density at radius 1 is 1.26 bits per heavy atom. The quantitative estimate of drug-likeness (QED) is 0.433. The maximum absolute atomic E-state index is 11.6. The van der Waals surface area contributed by atoms with Gasteiger partial charge in [-0.1, -0.05) is 12.8 Å². The Morgan fingerprint density at radius 3 is 2.42 bits per heavy atom. The van der Waals surface area contributed by atoms with Crippen molar-refractivity contribution in [2.75, 3.05) is 0 Å². The summed E-state index contributed by atoms with van der Waals surface area (Å²) in [6, 6.07) is -2.48. The van der Waals surface area contributed by atoms with E-state index in [1.165, 1.54) is 0 Å². The first-order valence-corrected chi connectivity index (χ1v) is 6.16. The summed E-state index contributed by atoms with van der Waals surface area (Å²) in [5, 5.41) is 23.2. The Morgan fingerprint density at radius 2 is 1.89 bits per heavy atom. The van der Waals surface area contributed by atoms with Gasteiger partial charge in [-0.3, -0.25) is 4.79 Å². The number of aliphatic carboxylic acids is 1. The molecular weight excluding hydrogens is 254 g/mol. The number of primary amides is 1. The lowest BCUT2D eigenvalue weighted by Crippen LogP contribution is -2.53. The molecule has 0 saturated heterocycles. The van der Waals surface area contributed by atoms with Gasteiger partial charge in [0.1, 0.15) is 6.04 Å². The number of carbonyl (C=O) groups is 3. The zero-order valence-electron chi connectivity index (χ0n) is 10.5. The number of aliphatic hydroxyl groups is 1. The Balaban J connectivity index is 2.47. The second-order valence-corrected chi connectivity index (χ2v) is 4.64. The van der Waals surface area contributed by atoms with E-state index in [1.807, 2.05) is 0 Å². The number of aliphatic hydroxyl groups excluding tert-OH is 1. The smallest absolute Gasteiger partial charge is 0.326 e. The number of hydrogen-bond donors (Lipinski definition) is 5. The third-order valence-corrected chi connectivity index (χ3v) is 3.05. The number of hydrogen-bond acceptors (Lipinski definition) is 4. The van der Waals surface area contributed by atoms with Crippen molar-refractivity contribution in [2.24, 2.45) is 5.73 Å². The van der Waals surface area contributed by atoms with E-state index in [0.717, 1.165) is 12.8 Å². The zero-order valence-corrected chi connectivity index (χ0v) is 10.5. The van der Waals surface area contributed by atoms with Crippen molar-refractivity contribution in [1.82, 2.24) is 10.6 Å². The maximum atomic E-state index is 11.6. The second-order valence-electron chi connectivity index (χ2n) is 4.64. The van der Waals surface area contributed by atoms with Crippen LogP contribution in [0.2, 0.25) is 0 Å². The average Bonchev–Trinajstić information content (AvgIpc) is 2.30. The fraction of sp³-hybridized carbons (Fsp3) is 0.727. The molecule has 6 N–H and O–H groups in total. The molecule has 8 nitrogen and oxygen atoms in total. The molecule has 8 heteroatoms. The van der Waals surface area contributed by atoms with Gasteiger partial charge in [0.25, 0.3) is 0 Å². The Kier molecular flexibility index (Phi) is 5.56. The second kappa shape index (κ2) is 6.93. The normalized spacial score (nSPS) is 24.3. The zero-order chi connectivity index (χ0) is 14.4. The number of carbonyl (C=O) groups excluding carboxylic acids is 2. The van der Waals surface area contributed by atoms with Crippen LogP contribution in [0.25, 0.3) is 0 Å². The monoisotopic (exact) mass is 273 g/mol. The van der Waals surface area contributed by atoms with Crippen molar-refractivity contribution >= 4 is 17.9 Å². The lowest BCUT2D eigenvalue weighted by Gasteiger charge is -2.28. The van der Waals surface area contributed by atoms with Crippen LogP contribution < -0.4 is 16.4 Å². The van der Waals surface area contributed by atoms with Gasteiger partial charge in [-0.25, -0.2) is 9.59 Å². The predicted octanol–water partition coefficient (Wildman–Crippen LogP) is -1.08. The molecule has 0 aliphatic heterocycles. The molecule has 3 atom stereocenters. The van der Waals surface area contributed by atoms with Crippen molar-refractivity contribution in [3.05, 3.63) is 0 Å². The Labute approximate surface area is 110 Å². The highest BCUT2D eigenvalue weighted by atomic mass is 16.4. The van der Waals surface area contributed by atoms with Crippen LogP contribution in [0.3, 0.4) is 0 Å². The molecule has 2 unspecified atom stereocenters. The van der Waals surface area contributed by atoms with Crippen LogP contribution in [0.15, 0.2) is 0 Å². The van der Waals surface area contributed by atoms with Gasteiger partial charge in [0.05, 0.1) is 18.6 Å². The molecule has 1 rings (SSSR count). The molecule has 19 heavy (non-hydrogen) atoms. The summed E-state index contributed by atoms with van der Waals surface area (Å²) in [6.45, 7) is 0. The molecule has 0 bridgehead atoms. The maximum Gasteiger partial charge on any atom is 0.326 e. The molecule has 0 radical (unpaired) electrons. The van der Waals surface area contributed by atoms with Crippen LogP contribution in [0, 0.1) is 0 Å². The first kappa shape index (κ1) is 15.2. The van der Waals surface area contributed by atoms with Crippen molar-refractivity contribution in [1.29, 1.82) is 0 Å². The lowest BCUT2D eigenvalue weighted by molar-refractivity contribution is -0.140. The van der Waals surface area contributed by atoms with Crippen molar-refractivity contribution in [3.8, 4) is 0 Å². The van der Waals surface area contributed by atoms with Gasteiger partial charge in [-0.15, -0.1) is 0 Å². The highest BCUT2D eigenvalue weighted by Gasteiger charge is 2.27. The first-order chi connectivity index (χ1) is 8.90. The van der Waals surface area contributed by atoms with Gasteiger partial charge >= 0.3 is 12.0 Å². The van der Waals surface area contributed by atoms with Crippen molar-refractivity contribution < 1.29 is 24.6 Å². The van der Waals surface area contributed by atoms with Crippen LogP contribution in [-0.2, 0) is 9.59 Å². The number of nitrogens with one attached hydrogen (secondary N) is 2. The molecule has 1 aliphatic rings. The van der Waals surface area contributed by atoms with E-state index in [4.69, 9.17) is 10.8 Å². The highest BCUT2D eigenvalue weighted by Crippen LogP contribution is 2.18. The van der Waals surface area contributed by atoms with Gasteiger partial charge in [0, 0.05) is 0 Å². The van der Waals surface area contributed by atoms with Gasteiger partial charge in [0.15, 0.2) is 0 Å². The summed E-state index contributed by atoms with van der Waals surface area (Å²) in [5.41, 5.74) is 4.90. The molecule has 1 aliphatic carbocycles. The van der Waals surface area contributed by atoms with E-state index in [2.05, 4.69) is 10.6 Å². The molecular formula is C11H19N3O5. The molecule has 0 aromatic carbocycles. The van der Waals surface area contributed by atoms with Gasteiger partial charge < -0.3 is 26.6 Å². The lowest BCUT2D eigenvalue weighted by atomic mass is 9.93.